The van der Waals surface area contributed by atoms with Gasteiger partial charge in [0, 0.05) is 21.3 Å². The molecule has 1 aliphatic rings. The normalized spacial score (nSPS) is 14.5. The largest absolute Gasteiger partial charge is 0.348 e. The van der Waals surface area contributed by atoms with E-state index in [2.05, 4.69) is 27.8 Å². The number of hydrogen-bond acceptors (Lipinski definition) is 2. The highest BCUT2D eigenvalue weighted by Crippen LogP contribution is 2.30. The van der Waals surface area contributed by atoms with Gasteiger partial charge in [0.2, 0.25) is 5.91 Å². The smallest absolute Gasteiger partial charge is 0.259 e. The van der Waals surface area contributed by atoms with Crippen molar-refractivity contribution in [3.8, 4) is 0 Å². The topological polar surface area (TPSA) is 49.4 Å². The summed E-state index contributed by atoms with van der Waals surface area (Å²) in [6, 6.07) is 14.9. The molecule has 1 heterocycles. The lowest BCUT2D eigenvalue weighted by atomic mass is 10.1. The van der Waals surface area contributed by atoms with E-state index in [0.717, 1.165) is 15.6 Å². The van der Waals surface area contributed by atoms with Crippen molar-refractivity contribution < 1.29 is 9.59 Å². The molecule has 0 spiro atoms. The number of nitrogens with one attached hydrogen (secondary N) is 1. The van der Waals surface area contributed by atoms with Crippen LogP contribution in [0, 0.1) is 0 Å². The maximum atomic E-state index is 12.4. The van der Waals surface area contributed by atoms with E-state index < -0.39 is 0 Å². The van der Waals surface area contributed by atoms with Crippen molar-refractivity contribution in [2.24, 2.45) is 0 Å². The molecule has 0 aliphatic carbocycles. The third-order valence-corrected chi connectivity index (χ3v) is 4.62. The van der Waals surface area contributed by atoms with E-state index in [1.54, 1.807) is 6.07 Å². The monoisotopic (exact) mass is 384 g/mol. The number of carbonyl (C=O) groups excluding carboxylic acids is 2. The Morgan fingerprint density at radius 3 is 2.42 bits per heavy atom. The number of carbonyl (C=O) groups is 2. The van der Waals surface area contributed by atoms with Crippen LogP contribution in [0.3, 0.4) is 0 Å². The molecule has 0 saturated heterocycles. The fourth-order valence-electron chi connectivity index (χ4n) is 2.77. The third-order valence-electron chi connectivity index (χ3n) is 4.09. The van der Waals surface area contributed by atoms with Gasteiger partial charge in [0.15, 0.2) is 0 Å². The molecule has 2 amide bonds. The van der Waals surface area contributed by atoms with Gasteiger partial charge in [-0.2, -0.15) is 0 Å². The fourth-order valence-corrected chi connectivity index (χ4v) is 3.03. The van der Waals surface area contributed by atoms with Crippen LogP contribution in [-0.2, 0) is 4.79 Å². The van der Waals surface area contributed by atoms with E-state index in [1.165, 1.54) is 4.90 Å². The van der Waals surface area contributed by atoms with Crippen LogP contribution in [0.5, 0.6) is 0 Å². The summed E-state index contributed by atoms with van der Waals surface area (Å²) in [5.41, 5.74) is 2.95. The summed E-state index contributed by atoms with van der Waals surface area (Å²) in [6.45, 7) is 5.83. The quantitative estimate of drug-likeness (QED) is 0.872. The van der Waals surface area contributed by atoms with Crippen molar-refractivity contribution in [3.63, 3.8) is 0 Å². The molecule has 0 bridgehead atoms. The molecule has 2 aromatic rings. The second-order valence-corrected chi connectivity index (χ2v) is 6.64. The average molecular weight is 385 g/mol. The summed E-state index contributed by atoms with van der Waals surface area (Å²) in [7, 11) is 0. The second-order valence-electron chi connectivity index (χ2n) is 5.72. The van der Waals surface area contributed by atoms with Gasteiger partial charge in [0.05, 0.1) is 6.04 Å². The first-order valence-electron chi connectivity index (χ1n) is 7.62. The van der Waals surface area contributed by atoms with E-state index in [0.29, 0.717) is 11.3 Å². The Kier molecular flexibility index (Phi) is 4.53. The number of amides is 2. The van der Waals surface area contributed by atoms with E-state index in [-0.39, 0.29) is 24.4 Å². The highest BCUT2D eigenvalue weighted by Gasteiger charge is 2.32. The summed E-state index contributed by atoms with van der Waals surface area (Å²) in [5.74, 6) is -0.394. The number of benzene rings is 2. The van der Waals surface area contributed by atoms with Crippen molar-refractivity contribution in [1.29, 1.82) is 0 Å². The van der Waals surface area contributed by atoms with E-state index in [1.807, 2.05) is 49.4 Å². The van der Waals surface area contributed by atoms with Gasteiger partial charge in [-0.05, 0) is 30.7 Å². The number of rotatable bonds is 4. The van der Waals surface area contributed by atoms with Crippen LogP contribution >= 0.6 is 15.9 Å². The molecule has 0 radical (unpaired) electrons. The Hall–Kier alpha value is -2.40. The molecule has 1 unspecified atom stereocenters. The molecule has 0 aromatic heterocycles. The van der Waals surface area contributed by atoms with E-state index in [9.17, 15) is 9.59 Å². The Balaban J connectivity index is 1.66. The number of fused-ring (bicyclic) bond motifs is 1. The summed E-state index contributed by atoms with van der Waals surface area (Å²) < 4.78 is 0.988. The van der Waals surface area contributed by atoms with Crippen LogP contribution in [0.1, 0.15) is 34.5 Å². The fraction of sp³-hybridized carbons (Fsp3) is 0.158. The Labute approximate surface area is 149 Å². The average Bonchev–Trinajstić information content (AvgIpc) is 2.81. The van der Waals surface area contributed by atoms with Gasteiger partial charge in [-0.15, -0.1) is 0 Å². The predicted octanol–water partition coefficient (Wildman–Crippen LogP) is 3.75. The number of hydrogen-bond donors (Lipinski definition) is 1. The van der Waals surface area contributed by atoms with Crippen LogP contribution in [-0.4, -0.2) is 23.3 Å². The molecule has 0 fully saturated rings. The van der Waals surface area contributed by atoms with Crippen molar-refractivity contribution in [3.05, 3.63) is 76.3 Å². The Bertz CT molecular complexity index is 779. The van der Waals surface area contributed by atoms with Gasteiger partial charge in [0.1, 0.15) is 6.54 Å². The van der Waals surface area contributed by atoms with Crippen LogP contribution in [0.15, 0.2) is 59.6 Å². The van der Waals surface area contributed by atoms with Crippen LogP contribution in [0.25, 0.3) is 5.70 Å². The SMILES string of the molecule is C=C1c2ccccc2C(=O)N1CC(=O)NC(C)c1ccc(Br)cc1. The minimum atomic E-state index is -0.215. The van der Waals surface area contributed by atoms with Crippen molar-refractivity contribution in [1.82, 2.24) is 10.2 Å². The molecule has 1 N–H and O–H groups in total. The highest BCUT2D eigenvalue weighted by atomic mass is 79.9. The van der Waals surface area contributed by atoms with E-state index >= 15 is 0 Å². The van der Waals surface area contributed by atoms with Crippen LogP contribution in [0.2, 0.25) is 0 Å². The molecule has 3 rings (SSSR count). The van der Waals surface area contributed by atoms with Crippen molar-refractivity contribution in [2.75, 3.05) is 6.54 Å². The van der Waals surface area contributed by atoms with Gasteiger partial charge in [0.25, 0.3) is 5.91 Å². The second kappa shape index (κ2) is 6.61. The molecule has 1 aliphatic heterocycles. The van der Waals surface area contributed by atoms with Gasteiger partial charge in [-0.1, -0.05) is 52.8 Å². The van der Waals surface area contributed by atoms with Gasteiger partial charge >= 0.3 is 0 Å². The number of nitrogens with zero attached hydrogens (tertiary/aromatic N) is 1. The maximum Gasteiger partial charge on any atom is 0.259 e. The Morgan fingerprint density at radius 2 is 1.79 bits per heavy atom. The summed E-state index contributed by atoms with van der Waals surface area (Å²) in [6.07, 6.45) is 0. The first-order chi connectivity index (χ1) is 11.5. The molecule has 5 heteroatoms. The molecule has 1 atom stereocenters. The summed E-state index contributed by atoms with van der Waals surface area (Å²) in [5, 5.41) is 2.92. The van der Waals surface area contributed by atoms with E-state index in [4.69, 9.17) is 0 Å². The zero-order chi connectivity index (χ0) is 17.3. The molecular formula is C19H17BrN2O2. The molecule has 0 saturated carbocycles. The van der Waals surface area contributed by atoms with Gasteiger partial charge in [-0.3, -0.25) is 14.5 Å². The minimum absolute atomic E-state index is 0.0345. The molecular weight excluding hydrogens is 368 g/mol. The zero-order valence-electron chi connectivity index (χ0n) is 13.3. The minimum Gasteiger partial charge on any atom is -0.348 e. The Morgan fingerprint density at radius 1 is 1.17 bits per heavy atom. The summed E-state index contributed by atoms with van der Waals surface area (Å²) >= 11 is 3.39. The molecule has 4 nitrogen and oxygen atoms in total. The lowest BCUT2D eigenvalue weighted by Crippen LogP contribution is -2.37. The number of halogens is 1. The van der Waals surface area contributed by atoms with Crippen molar-refractivity contribution in [2.45, 2.75) is 13.0 Å². The zero-order valence-corrected chi connectivity index (χ0v) is 14.8. The first-order valence-corrected chi connectivity index (χ1v) is 8.41. The lowest BCUT2D eigenvalue weighted by molar-refractivity contribution is -0.121. The molecule has 2 aromatic carbocycles. The van der Waals surface area contributed by atoms with Gasteiger partial charge in [-0.25, -0.2) is 0 Å². The van der Waals surface area contributed by atoms with Gasteiger partial charge < -0.3 is 5.32 Å². The molecule has 24 heavy (non-hydrogen) atoms. The molecule has 122 valence electrons. The standard InChI is InChI=1S/C19H17BrN2O2/c1-12(14-7-9-15(20)10-8-14)21-18(23)11-22-13(2)16-5-3-4-6-17(16)19(22)24/h3-10,12H,2,11H2,1H3,(H,21,23). The summed E-state index contributed by atoms with van der Waals surface area (Å²) in [4.78, 5) is 26.2. The van der Waals surface area contributed by atoms with Crippen LogP contribution in [0.4, 0.5) is 0 Å². The first kappa shape index (κ1) is 16.5. The predicted molar refractivity (Wildman–Crippen MR) is 97.2 cm³/mol. The third kappa shape index (κ3) is 3.12. The highest BCUT2D eigenvalue weighted by molar-refractivity contribution is 9.10. The lowest BCUT2D eigenvalue weighted by Gasteiger charge is -2.20. The van der Waals surface area contributed by atoms with Crippen LogP contribution < -0.4 is 5.32 Å². The maximum absolute atomic E-state index is 12.4. The van der Waals surface area contributed by atoms with Crippen molar-refractivity contribution >= 4 is 33.4 Å².